The third-order valence-corrected chi connectivity index (χ3v) is 3.72. The van der Waals surface area contributed by atoms with Crippen molar-refractivity contribution in [1.29, 1.82) is 0 Å². The molecule has 0 aliphatic heterocycles. The van der Waals surface area contributed by atoms with E-state index in [0.29, 0.717) is 5.69 Å². The summed E-state index contributed by atoms with van der Waals surface area (Å²) in [6.45, 7) is 0. The number of ether oxygens (including phenoxy) is 1. The molecule has 1 atom stereocenters. The average Bonchev–Trinajstić information content (AvgIpc) is 2.51. The fourth-order valence-electron chi connectivity index (χ4n) is 2.09. The Hall–Kier alpha value is -1.65. The zero-order valence-corrected chi connectivity index (χ0v) is 13.9. The molecule has 26 heavy (non-hydrogen) atoms. The first-order chi connectivity index (χ1) is 11.6. The third kappa shape index (κ3) is 4.02. The Morgan fingerprint density at radius 3 is 1.65 bits per heavy atom. The minimum absolute atomic E-state index is 0.0797. The molecule has 0 radical (unpaired) electrons. The van der Waals surface area contributed by atoms with Gasteiger partial charge in [0.2, 0.25) is 0 Å². The Morgan fingerprint density at radius 1 is 0.846 bits per heavy atom. The lowest BCUT2D eigenvalue weighted by Gasteiger charge is -2.35. The lowest BCUT2D eigenvalue weighted by Crippen LogP contribution is -2.61. The van der Waals surface area contributed by atoms with Crippen LogP contribution in [0, 0.1) is 0 Å². The van der Waals surface area contributed by atoms with Crippen LogP contribution < -0.4 is 4.90 Å². The van der Waals surface area contributed by atoms with Crippen LogP contribution in [0.3, 0.4) is 0 Å². The summed E-state index contributed by atoms with van der Waals surface area (Å²) in [6, 6.07) is 5.28. The first-order valence-corrected chi connectivity index (χ1v) is 7.08. The number of benzene rings is 1. The summed E-state index contributed by atoms with van der Waals surface area (Å²) in [5, 5.41) is 0. The van der Waals surface area contributed by atoms with Gasteiger partial charge in [0, 0.05) is 33.3 Å². The molecule has 0 aromatic heterocycles. The van der Waals surface area contributed by atoms with E-state index in [1.165, 1.54) is 24.3 Å². The van der Waals surface area contributed by atoms with Gasteiger partial charge in [0.15, 0.2) is 0 Å². The molecule has 0 N–H and O–H groups in total. The molecule has 1 aromatic rings. The van der Waals surface area contributed by atoms with Gasteiger partial charge in [-0.05, 0) is 17.7 Å². The summed E-state index contributed by atoms with van der Waals surface area (Å²) >= 11 is 0. The smallest absolute Gasteiger partial charge is 0.378 e. The molecule has 150 valence electrons. The Morgan fingerprint density at radius 2 is 1.31 bits per heavy atom. The van der Waals surface area contributed by atoms with Crippen LogP contribution in [-0.2, 0) is 4.74 Å². The molecule has 1 rings (SSSR count). The van der Waals surface area contributed by atoms with E-state index in [1.807, 2.05) is 0 Å². The Labute approximate surface area is 143 Å². The summed E-state index contributed by atoms with van der Waals surface area (Å²) in [7, 11) is 4.17. The second-order valence-corrected chi connectivity index (χ2v) is 5.77. The number of alkyl halides is 9. The van der Waals surface area contributed by atoms with Crippen molar-refractivity contribution in [3.8, 4) is 0 Å². The Kier molecular flexibility index (Phi) is 6.17. The zero-order chi connectivity index (χ0) is 20.6. The molecule has 1 unspecified atom stereocenters. The van der Waals surface area contributed by atoms with Crippen LogP contribution in [0.1, 0.15) is 18.1 Å². The van der Waals surface area contributed by atoms with Crippen molar-refractivity contribution >= 4 is 5.69 Å². The predicted molar refractivity (Wildman–Crippen MR) is 76.0 cm³/mol. The van der Waals surface area contributed by atoms with E-state index in [4.69, 9.17) is 0 Å². The highest BCUT2D eigenvalue weighted by Gasteiger charge is 2.81. The van der Waals surface area contributed by atoms with E-state index in [9.17, 15) is 39.5 Å². The highest BCUT2D eigenvalue weighted by atomic mass is 19.4. The van der Waals surface area contributed by atoms with Gasteiger partial charge >= 0.3 is 23.9 Å². The topological polar surface area (TPSA) is 12.5 Å². The summed E-state index contributed by atoms with van der Waals surface area (Å²) in [5.74, 6) is -19.2. The number of anilines is 1. The number of methoxy groups -OCH3 is 1. The van der Waals surface area contributed by atoms with Gasteiger partial charge in [0.1, 0.15) is 0 Å². The summed E-state index contributed by atoms with van der Waals surface area (Å²) in [5.41, 5.74) is 0.535. The molecule has 0 amide bonds. The summed E-state index contributed by atoms with van der Waals surface area (Å²) in [4.78, 5) is 1.64. The quantitative estimate of drug-likeness (QED) is 0.579. The molecule has 0 saturated carbocycles. The van der Waals surface area contributed by atoms with Gasteiger partial charge in [-0.15, -0.1) is 0 Å². The number of hydrogen-bond acceptors (Lipinski definition) is 2. The van der Waals surface area contributed by atoms with E-state index < -0.39 is 36.5 Å². The number of halogens is 9. The van der Waals surface area contributed by atoms with Crippen LogP contribution >= 0.6 is 0 Å². The molecule has 0 fully saturated rings. The van der Waals surface area contributed by atoms with E-state index in [-0.39, 0.29) is 5.56 Å². The fraction of sp³-hybridized carbons (Fsp3) is 0.600. The number of rotatable bonds is 7. The second-order valence-electron chi connectivity index (χ2n) is 5.77. The first-order valence-electron chi connectivity index (χ1n) is 7.08. The van der Waals surface area contributed by atoms with Crippen LogP contribution in [0.15, 0.2) is 24.3 Å². The fourth-order valence-corrected chi connectivity index (χ4v) is 2.09. The van der Waals surface area contributed by atoms with Crippen molar-refractivity contribution in [2.45, 2.75) is 36.5 Å². The molecule has 0 heterocycles. The summed E-state index contributed by atoms with van der Waals surface area (Å²) in [6.07, 6.45) is -10.7. The van der Waals surface area contributed by atoms with Crippen LogP contribution in [-0.4, -0.2) is 45.1 Å². The van der Waals surface area contributed by atoms with Gasteiger partial charge in [0.05, 0.1) is 6.10 Å². The monoisotopic (exact) mass is 397 g/mol. The normalized spacial score (nSPS) is 15.1. The van der Waals surface area contributed by atoms with Gasteiger partial charge in [-0.1, -0.05) is 12.1 Å². The lowest BCUT2D eigenvalue weighted by atomic mass is 9.95. The first kappa shape index (κ1) is 22.4. The van der Waals surface area contributed by atoms with Crippen molar-refractivity contribution in [3.63, 3.8) is 0 Å². The molecule has 11 heteroatoms. The Bertz CT molecular complexity index is 596. The maximum atomic E-state index is 13.7. The molecule has 0 spiro atoms. The van der Waals surface area contributed by atoms with Crippen molar-refractivity contribution in [1.82, 2.24) is 0 Å². The standard InChI is InChI=1S/C15H16F9NO/c1-25(2)10-6-4-9(5-7-10)11(26-3)8-12(16,17)13(18,19)14(20,21)15(22,23)24/h4-7,11H,8H2,1-3H3. The zero-order valence-electron chi connectivity index (χ0n) is 13.9. The van der Waals surface area contributed by atoms with Gasteiger partial charge in [0.25, 0.3) is 0 Å². The molecule has 0 bridgehead atoms. The molecular weight excluding hydrogens is 381 g/mol. The highest BCUT2D eigenvalue weighted by molar-refractivity contribution is 5.46. The summed E-state index contributed by atoms with van der Waals surface area (Å²) < 4.78 is 121. The van der Waals surface area contributed by atoms with E-state index in [2.05, 4.69) is 4.74 Å². The van der Waals surface area contributed by atoms with Crippen molar-refractivity contribution in [2.75, 3.05) is 26.1 Å². The lowest BCUT2D eigenvalue weighted by molar-refractivity contribution is -0.398. The molecule has 2 nitrogen and oxygen atoms in total. The SMILES string of the molecule is COC(CC(F)(F)C(F)(F)C(F)(F)C(F)(F)F)c1ccc(N(C)C)cc1. The minimum Gasteiger partial charge on any atom is -0.378 e. The number of hydrogen-bond donors (Lipinski definition) is 0. The van der Waals surface area contributed by atoms with Gasteiger partial charge in [-0.2, -0.15) is 39.5 Å². The average molecular weight is 397 g/mol. The molecular formula is C15H16F9NO. The van der Waals surface area contributed by atoms with Crippen LogP contribution in [0.2, 0.25) is 0 Å². The van der Waals surface area contributed by atoms with E-state index in [0.717, 1.165) is 7.11 Å². The van der Waals surface area contributed by atoms with E-state index >= 15 is 0 Å². The van der Waals surface area contributed by atoms with Crippen molar-refractivity contribution in [2.24, 2.45) is 0 Å². The maximum Gasteiger partial charge on any atom is 0.460 e. The second kappa shape index (κ2) is 7.16. The molecule has 0 aliphatic rings. The maximum absolute atomic E-state index is 13.7. The molecule has 0 saturated heterocycles. The highest BCUT2D eigenvalue weighted by Crippen LogP contribution is 2.55. The molecule has 0 aliphatic carbocycles. The van der Waals surface area contributed by atoms with Gasteiger partial charge in [-0.25, -0.2) is 0 Å². The predicted octanol–water partition coefficient (Wildman–Crippen LogP) is 5.30. The number of nitrogens with zero attached hydrogens (tertiary/aromatic N) is 1. The molecule has 1 aromatic carbocycles. The van der Waals surface area contributed by atoms with Crippen molar-refractivity contribution < 1.29 is 44.3 Å². The third-order valence-electron chi connectivity index (χ3n) is 3.72. The van der Waals surface area contributed by atoms with Gasteiger partial charge in [-0.3, -0.25) is 0 Å². The van der Waals surface area contributed by atoms with Crippen LogP contribution in [0.25, 0.3) is 0 Å². The largest absolute Gasteiger partial charge is 0.460 e. The minimum atomic E-state index is -6.91. The van der Waals surface area contributed by atoms with Crippen LogP contribution in [0.4, 0.5) is 45.2 Å². The van der Waals surface area contributed by atoms with E-state index in [1.54, 1.807) is 19.0 Å². The van der Waals surface area contributed by atoms with Gasteiger partial charge < -0.3 is 9.64 Å². The van der Waals surface area contributed by atoms with Crippen molar-refractivity contribution in [3.05, 3.63) is 29.8 Å². The Balaban J connectivity index is 3.15. The van der Waals surface area contributed by atoms with Crippen LogP contribution in [0.5, 0.6) is 0 Å².